The van der Waals surface area contributed by atoms with Crippen LogP contribution in [-0.2, 0) is 10.2 Å². The van der Waals surface area contributed by atoms with Gasteiger partial charge in [0.2, 0.25) is 5.91 Å². The molecule has 0 radical (unpaired) electrons. The highest BCUT2D eigenvalue weighted by Gasteiger charge is 2.42. The van der Waals surface area contributed by atoms with Gasteiger partial charge in [-0.15, -0.1) is 11.3 Å². The summed E-state index contributed by atoms with van der Waals surface area (Å²) in [5, 5.41) is 5.94. The number of carbonyl (C=O) groups is 1. The van der Waals surface area contributed by atoms with Crippen LogP contribution >= 0.6 is 11.3 Å². The van der Waals surface area contributed by atoms with E-state index < -0.39 is 5.41 Å². The van der Waals surface area contributed by atoms with E-state index in [1.54, 1.807) is 29.7 Å². The Balaban J connectivity index is 1.62. The van der Waals surface area contributed by atoms with Crippen molar-refractivity contribution in [1.82, 2.24) is 4.98 Å². The Morgan fingerprint density at radius 1 is 1.12 bits per heavy atom. The third kappa shape index (κ3) is 3.15. The van der Waals surface area contributed by atoms with Crippen molar-refractivity contribution in [3.05, 3.63) is 71.5 Å². The summed E-state index contributed by atoms with van der Waals surface area (Å²) in [4.78, 5) is 17.5. The van der Waals surface area contributed by atoms with E-state index in [0.29, 0.717) is 0 Å². The van der Waals surface area contributed by atoms with Crippen LogP contribution in [0.5, 0.6) is 0 Å². The van der Waals surface area contributed by atoms with Crippen molar-refractivity contribution >= 4 is 22.9 Å². The summed E-state index contributed by atoms with van der Waals surface area (Å²) in [5.41, 5.74) is 2.06. The van der Waals surface area contributed by atoms with Gasteiger partial charge in [-0.2, -0.15) is 0 Å². The van der Waals surface area contributed by atoms with E-state index >= 15 is 0 Å². The maximum absolute atomic E-state index is 13.3. The monoisotopic (exact) mass is 366 g/mol. The molecule has 0 saturated heterocycles. The number of hydrogen-bond acceptors (Lipinski definition) is 3. The van der Waals surface area contributed by atoms with E-state index in [2.05, 4.69) is 10.3 Å². The molecule has 5 heteroatoms. The molecule has 0 spiro atoms. The molecule has 4 rings (SSSR count). The number of aromatic nitrogens is 1. The third-order valence-electron chi connectivity index (χ3n) is 5.09. The van der Waals surface area contributed by atoms with Crippen molar-refractivity contribution in [2.75, 3.05) is 5.32 Å². The first kappa shape index (κ1) is 16.9. The van der Waals surface area contributed by atoms with Crippen LogP contribution in [0.2, 0.25) is 0 Å². The number of thiazole rings is 1. The van der Waals surface area contributed by atoms with Crippen LogP contribution in [0.15, 0.2) is 60.1 Å². The Hall–Kier alpha value is -2.53. The fourth-order valence-corrected chi connectivity index (χ4v) is 4.38. The fraction of sp³-hybridized carbons (Fsp3) is 0.238. The second kappa shape index (κ2) is 7.00. The number of benzene rings is 2. The molecule has 1 aliphatic carbocycles. The molecule has 1 aliphatic rings. The number of carbonyl (C=O) groups excluding carboxylic acids is 1. The highest BCUT2D eigenvalue weighted by atomic mass is 32.1. The first-order chi connectivity index (χ1) is 12.7. The van der Waals surface area contributed by atoms with Gasteiger partial charge in [0.05, 0.1) is 5.41 Å². The zero-order chi connectivity index (χ0) is 18.0. The molecule has 1 N–H and O–H groups in total. The van der Waals surface area contributed by atoms with Crippen LogP contribution in [0.1, 0.15) is 31.2 Å². The molecule has 2 aromatic carbocycles. The van der Waals surface area contributed by atoms with Gasteiger partial charge in [0.25, 0.3) is 0 Å². The third-order valence-corrected chi connectivity index (χ3v) is 5.91. The molecule has 1 fully saturated rings. The highest BCUT2D eigenvalue weighted by molar-refractivity contribution is 7.13. The van der Waals surface area contributed by atoms with Crippen molar-refractivity contribution < 1.29 is 9.18 Å². The van der Waals surface area contributed by atoms with Gasteiger partial charge in [0, 0.05) is 22.8 Å². The van der Waals surface area contributed by atoms with Gasteiger partial charge in [-0.1, -0.05) is 37.1 Å². The van der Waals surface area contributed by atoms with E-state index in [4.69, 9.17) is 0 Å². The topological polar surface area (TPSA) is 42.0 Å². The van der Waals surface area contributed by atoms with Crippen molar-refractivity contribution in [3.8, 4) is 10.6 Å². The molecule has 3 nitrogen and oxygen atoms in total. The van der Waals surface area contributed by atoms with Crippen LogP contribution < -0.4 is 5.32 Å². The second-order valence-corrected chi connectivity index (χ2v) is 7.56. The minimum Gasteiger partial charge on any atom is -0.325 e. The summed E-state index contributed by atoms with van der Waals surface area (Å²) in [6.07, 6.45) is 5.36. The van der Waals surface area contributed by atoms with Crippen molar-refractivity contribution in [1.29, 1.82) is 0 Å². The smallest absolute Gasteiger partial charge is 0.235 e. The van der Waals surface area contributed by atoms with E-state index in [0.717, 1.165) is 47.5 Å². The lowest BCUT2D eigenvalue weighted by Crippen LogP contribution is -2.38. The molecular formula is C21H19FN2OS. The molecule has 132 valence electrons. The Kier molecular flexibility index (Phi) is 4.55. The number of nitrogens with zero attached hydrogens (tertiary/aromatic N) is 1. The molecule has 1 amide bonds. The molecule has 1 saturated carbocycles. The summed E-state index contributed by atoms with van der Waals surface area (Å²) in [6.45, 7) is 0. The predicted octanol–water partition coefficient (Wildman–Crippen LogP) is 5.40. The number of anilines is 1. The van der Waals surface area contributed by atoms with Crippen molar-refractivity contribution in [2.24, 2.45) is 0 Å². The number of rotatable bonds is 4. The molecule has 0 bridgehead atoms. The predicted molar refractivity (Wildman–Crippen MR) is 103 cm³/mol. The average molecular weight is 366 g/mol. The fourth-order valence-electron chi connectivity index (χ4n) is 3.74. The molecule has 0 unspecified atom stereocenters. The van der Waals surface area contributed by atoms with Crippen molar-refractivity contribution in [3.63, 3.8) is 0 Å². The number of amides is 1. The van der Waals surface area contributed by atoms with Crippen LogP contribution in [0.4, 0.5) is 10.1 Å². The second-order valence-electron chi connectivity index (χ2n) is 6.67. The number of nitrogens with one attached hydrogen (secondary N) is 1. The molecule has 0 atom stereocenters. The lowest BCUT2D eigenvalue weighted by atomic mass is 9.78. The van der Waals surface area contributed by atoms with Gasteiger partial charge in [-0.05, 0) is 42.7 Å². The van der Waals surface area contributed by atoms with Crippen LogP contribution in [0, 0.1) is 5.82 Å². The van der Waals surface area contributed by atoms with Gasteiger partial charge in [0.15, 0.2) is 0 Å². The molecule has 1 heterocycles. The number of hydrogen-bond donors (Lipinski definition) is 1. The van der Waals surface area contributed by atoms with E-state index in [1.807, 2.05) is 29.6 Å². The summed E-state index contributed by atoms with van der Waals surface area (Å²) in [7, 11) is 0. The van der Waals surface area contributed by atoms with Gasteiger partial charge >= 0.3 is 0 Å². The van der Waals surface area contributed by atoms with E-state index in [-0.39, 0.29) is 11.7 Å². The summed E-state index contributed by atoms with van der Waals surface area (Å²) in [5.74, 6) is -0.295. The van der Waals surface area contributed by atoms with Gasteiger partial charge in [0.1, 0.15) is 10.8 Å². The van der Waals surface area contributed by atoms with Gasteiger partial charge < -0.3 is 5.32 Å². The summed E-state index contributed by atoms with van der Waals surface area (Å²) in [6, 6.07) is 14.1. The SMILES string of the molecule is O=C(Nc1cccc(-c2nccs2)c1)C1(c2ccc(F)cc2)CCCC1. The Labute approximate surface area is 155 Å². The largest absolute Gasteiger partial charge is 0.325 e. The van der Waals surface area contributed by atoms with Crippen LogP contribution in [0.25, 0.3) is 10.6 Å². The Morgan fingerprint density at radius 3 is 2.58 bits per heavy atom. The quantitative estimate of drug-likeness (QED) is 0.672. The van der Waals surface area contributed by atoms with Crippen LogP contribution in [0.3, 0.4) is 0 Å². The Bertz CT molecular complexity index is 900. The Morgan fingerprint density at radius 2 is 1.88 bits per heavy atom. The minimum atomic E-state index is -0.578. The minimum absolute atomic E-state index is 0.0158. The first-order valence-corrected chi connectivity index (χ1v) is 9.63. The lowest BCUT2D eigenvalue weighted by molar-refractivity contribution is -0.121. The highest BCUT2D eigenvalue weighted by Crippen LogP contribution is 2.42. The molecule has 0 aliphatic heterocycles. The van der Waals surface area contributed by atoms with Gasteiger partial charge in [-0.3, -0.25) is 4.79 Å². The molecule has 3 aromatic rings. The molecule has 1 aromatic heterocycles. The summed E-state index contributed by atoms with van der Waals surface area (Å²) < 4.78 is 13.3. The van der Waals surface area contributed by atoms with Crippen LogP contribution in [-0.4, -0.2) is 10.9 Å². The average Bonchev–Trinajstić information content (AvgIpc) is 3.35. The maximum Gasteiger partial charge on any atom is 0.235 e. The van der Waals surface area contributed by atoms with E-state index in [1.165, 1.54) is 12.1 Å². The van der Waals surface area contributed by atoms with Crippen molar-refractivity contribution in [2.45, 2.75) is 31.1 Å². The maximum atomic E-state index is 13.3. The lowest BCUT2D eigenvalue weighted by Gasteiger charge is -2.28. The standard InChI is InChI=1S/C21H19FN2OS/c22-17-8-6-16(7-9-17)21(10-1-2-11-21)20(25)24-18-5-3-4-15(14-18)19-23-12-13-26-19/h3-9,12-14H,1-2,10-11H2,(H,24,25). The normalized spacial score (nSPS) is 15.7. The summed E-state index contributed by atoms with van der Waals surface area (Å²) >= 11 is 1.57. The van der Waals surface area contributed by atoms with E-state index in [9.17, 15) is 9.18 Å². The van der Waals surface area contributed by atoms with Gasteiger partial charge in [-0.25, -0.2) is 9.37 Å². The molecule has 26 heavy (non-hydrogen) atoms. The zero-order valence-corrected chi connectivity index (χ0v) is 15.1. The number of halogens is 1. The first-order valence-electron chi connectivity index (χ1n) is 8.75. The molecular weight excluding hydrogens is 347 g/mol. The zero-order valence-electron chi connectivity index (χ0n) is 14.2.